The van der Waals surface area contributed by atoms with E-state index in [1.807, 2.05) is 6.07 Å². The van der Waals surface area contributed by atoms with Crippen molar-refractivity contribution >= 4 is 0 Å². The highest BCUT2D eigenvalue weighted by Gasteiger charge is 2.25. The summed E-state index contributed by atoms with van der Waals surface area (Å²) in [5, 5.41) is 3.54. The van der Waals surface area contributed by atoms with Gasteiger partial charge >= 0.3 is 0 Å². The van der Waals surface area contributed by atoms with Crippen molar-refractivity contribution in [3.63, 3.8) is 0 Å². The zero-order valence-electron chi connectivity index (χ0n) is 12.0. The van der Waals surface area contributed by atoms with E-state index < -0.39 is 0 Å². The van der Waals surface area contributed by atoms with Crippen LogP contribution in [0.4, 0.5) is 0 Å². The molecular weight excluding hydrogens is 236 g/mol. The minimum Gasteiger partial charge on any atom is -0.490 e. The summed E-state index contributed by atoms with van der Waals surface area (Å²) in [5.74, 6) is 0.923. The Balaban J connectivity index is 1.96. The second-order valence-corrected chi connectivity index (χ2v) is 5.77. The number of hydrogen-bond acceptors (Lipinski definition) is 3. The van der Waals surface area contributed by atoms with Crippen molar-refractivity contribution in [1.82, 2.24) is 10.2 Å². The van der Waals surface area contributed by atoms with E-state index in [4.69, 9.17) is 4.74 Å². The minimum atomic E-state index is 0.204. The average Bonchev–Trinajstić information content (AvgIpc) is 2.35. The average molecular weight is 260 g/mol. The summed E-state index contributed by atoms with van der Waals surface area (Å²) in [4.78, 5) is 2.49. The molecule has 1 fully saturated rings. The van der Waals surface area contributed by atoms with Crippen LogP contribution in [0.2, 0.25) is 0 Å². The zero-order valence-corrected chi connectivity index (χ0v) is 12.0. The number of rotatable bonds is 5. The number of benzene rings is 1. The van der Waals surface area contributed by atoms with E-state index in [1.54, 1.807) is 6.08 Å². The Morgan fingerprint density at radius 2 is 2.32 bits per heavy atom. The number of ether oxygens (including phenoxy) is 1. The van der Waals surface area contributed by atoms with Crippen molar-refractivity contribution in [2.24, 2.45) is 0 Å². The monoisotopic (exact) mass is 260 g/mol. The van der Waals surface area contributed by atoms with Crippen LogP contribution >= 0.6 is 0 Å². The van der Waals surface area contributed by atoms with E-state index in [1.165, 1.54) is 5.56 Å². The Morgan fingerprint density at radius 3 is 3.05 bits per heavy atom. The molecule has 1 saturated heterocycles. The summed E-state index contributed by atoms with van der Waals surface area (Å²) in [7, 11) is 0. The Bertz CT molecular complexity index is 429. The topological polar surface area (TPSA) is 24.5 Å². The van der Waals surface area contributed by atoms with Gasteiger partial charge in [0.25, 0.3) is 0 Å². The van der Waals surface area contributed by atoms with Crippen molar-refractivity contribution < 1.29 is 4.74 Å². The van der Waals surface area contributed by atoms with Gasteiger partial charge in [0.1, 0.15) is 12.4 Å². The summed E-state index contributed by atoms with van der Waals surface area (Å²) in [6.07, 6.45) is 1.77. The molecule has 104 valence electrons. The molecule has 0 bridgehead atoms. The van der Waals surface area contributed by atoms with Crippen LogP contribution in [-0.4, -0.2) is 36.7 Å². The van der Waals surface area contributed by atoms with Gasteiger partial charge in [0.05, 0.1) is 0 Å². The molecule has 0 radical (unpaired) electrons. The first-order valence-electron chi connectivity index (χ1n) is 6.89. The van der Waals surface area contributed by atoms with Gasteiger partial charge in [-0.05, 0) is 31.5 Å². The molecule has 1 N–H and O–H groups in total. The molecule has 1 aromatic carbocycles. The van der Waals surface area contributed by atoms with Crippen LogP contribution in [0.1, 0.15) is 19.4 Å². The van der Waals surface area contributed by atoms with Crippen molar-refractivity contribution in [1.29, 1.82) is 0 Å². The molecule has 0 atom stereocenters. The van der Waals surface area contributed by atoms with Gasteiger partial charge in [-0.25, -0.2) is 0 Å². The molecule has 2 rings (SSSR count). The summed E-state index contributed by atoms with van der Waals surface area (Å²) in [6, 6.07) is 8.34. The molecule has 1 aliphatic rings. The summed E-state index contributed by atoms with van der Waals surface area (Å²) in [6.45, 7) is 12.9. The van der Waals surface area contributed by atoms with Crippen LogP contribution in [0.15, 0.2) is 36.9 Å². The van der Waals surface area contributed by atoms with Gasteiger partial charge in [0.15, 0.2) is 0 Å². The molecule has 3 heteroatoms. The molecule has 0 amide bonds. The van der Waals surface area contributed by atoms with Gasteiger partial charge in [-0.1, -0.05) is 24.8 Å². The molecule has 1 aliphatic heterocycles. The lowest BCUT2D eigenvalue weighted by molar-refractivity contribution is 0.148. The SMILES string of the molecule is C=CCOc1cccc(CN2CCNC(C)(C)C2)c1. The second-order valence-electron chi connectivity index (χ2n) is 5.77. The lowest BCUT2D eigenvalue weighted by Crippen LogP contribution is -2.56. The normalized spacial score (nSPS) is 19.1. The number of piperazine rings is 1. The summed E-state index contributed by atoms with van der Waals surface area (Å²) >= 11 is 0. The van der Waals surface area contributed by atoms with Gasteiger partial charge in [0, 0.05) is 31.7 Å². The zero-order chi connectivity index (χ0) is 13.7. The van der Waals surface area contributed by atoms with Crippen LogP contribution in [-0.2, 0) is 6.54 Å². The third kappa shape index (κ3) is 4.37. The third-order valence-corrected chi connectivity index (χ3v) is 3.32. The first-order valence-corrected chi connectivity index (χ1v) is 6.89. The summed E-state index contributed by atoms with van der Waals surface area (Å²) in [5.41, 5.74) is 1.51. The van der Waals surface area contributed by atoms with Crippen molar-refractivity contribution in [2.75, 3.05) is 26.2 Å². The molecule has 0 aliphatic carbocycles. The first kappa shape index (κ1) is 14.1. The Kier molecular flexibility index (Phi) is 4.61. The van der Waals surface area contributed by atoms with E-state index in [9.17, 15) is 0 Å². The maximum atomic E-state index is 5.58. The highest BCUT2D eigenvalue weighted by atomic mass is 16.5. The maximum absolute atomic E-state index is 5.58. The molecule has 0 aromatic heterocycles. The van der Waals surface area contributed by atoms with Gasteiger partial charge < -0.3 is 10.1 Å². The largest absolute Gasteiger partial charge is 0.490 e. The highest BCUT2D eigenvalue weighted by molar-refractivity contribution is 5.28. The van der Waals surface area contributed by atoms with Crippen LogP contribution in [0.3, 0.4) is 0 Å². The van der Waals surface area contributed by atoms with Crippen molar-refractivity contribution in [3.8, 4) is 5.75 Å². The van der Waals surface area contributed by atoms with E-state index >= 15 is 0 Å². The fourth-order valence-corrected chi connectivity index (χ4v) is 2.53. The molecule has 0 saturated carbocycles. The first-order chi connectivity index (χ1) is 9.09. The number of hydrogen-bond donors (Lipinski definition) is 1. The Morgan fingerprint density at radius 1 is 1.47 bits per heavy atom. The Hall–Kier alpha value is -1.32. The van der Waals surface area contributed by atoms with Gasteiger partial charge in [-0.3, -0.25) is 4.90 Å². The smallest absolute Gasteiger partial charge is 0.120 e. The molecule has 1 heterocycles. The van der Waals surface area contributed by atoms with Crippen LogP contribution < -0.4 is 10.1 Å². The van der Waals surface area contributed by atoms with Crippen molar-refractivity contribution in [3.05, 3.63) is 42.5 Å². The Labute approximate surface area is 116 Å². The standard InChI is InChI=1S/C16H24N2O/c1-4-10-19-15-7-5-6-14(11-15)12-18-9-8-17-16(2,3)13-18/h4-7,11,17H,1,8-10,12-13H2,2-3H3. The van der Waals surface area contributed by atoms with E-state index in [0.717, 1.165) is 31.9 Å². The van der Waals surface area contributed by atoms with Gasteiger partial charge in [-0.2, -0.15) is 0 Å². The number of nitrogens with zero attached hydrogens (tertiary/aromatic N) is 1. The summed E-state index contributed by atoms with van der Waals surface area (Å²) < 4.78 is 5.58. The van der Waals surface area contributed by atoms with Crippen LogP contribution in [0.5, 0.6) is 5.75 Å². The fourth-order valence-electron chi connectivity index (χ4n) is 2.53. The van der Waals surface area contributed by atoms with E-state index in [0.29, 0.717) is 6.61 Å². The molecule has 0 unspecified atom stereocenters. The third-order valence-electron chi connectivity index (χ3n) is 3.32. The minimum absolute atomic E-state index is 0.204. The van der Waals surface area contributed by atoms with Crippen molar-refractivity contribution in [2.45, 2.75) is 25.9 Å². The predicted molar refractivity (Wildman–Crippen MR) is 79.5 cm³/mol. The van der Waals surface area contributed by atoms with Crippen LogP contribution in [0.25, 0.3) is 0 Å². The lowest BCUT2D eigenvalue weighted by Gasteiger charge is -2.39. The van der Waals surface area contributed by atoms with E-state index in [2.05, 4.69) is 48.8 Å². The molecule has 3 nitrogen and oxygen atoms in total. The molecule has 19 heavy (non-hydrogen) atoms. The molecule has 1 aromatic rings. The highest BCUT2D eigenvalue weighted by Crippen LogP contribution is 2.17. The predicted octanol–water partition coefficient (Wildman–Crippen LogP) is 2.44. The van der Waals surface area contributed by atoms with Crippen LogP contribution in [0, 0.1) is 0 Å². The molecular formula is C16H24N2O. The second kappa shape index (κ2) is 6.22. The number of nitrogens with one attached hydrogen (secondary N) is 1. The lowest BCUT2D eigenvalue weighted by atomic mass is 10.0. The quantitative estimate of drug-likeness (QED) is 0.823. The fraction of sp³-hybridized carbons (Fsp3) is 0.500. The molecule has 0 spiro atoms. The van der Waals surface area contributed by atoms with Gasteiger partial charge in [-0.15, -0.1) is 0 Å². The van der Waals surface area contributed by atoms with E-state index in [-0.39, 0.29) is 5.54 Å². The van der Waals surface area contributed by atoms with Gasteiger partial charge in [0.2, 0.25) is 0 Å². The maximum Gasteiger partial charge on any atom is 0.120 e.